The van der Waals surface area contributed by atoms with Crippen LogP contribution in [0.1, 0.15) is 59.3 Å². The summed E-state index contributed by atoms with van der Waals surface area (Å²) in [5.74, 6) is -2.26. The zero-order valence-electron chi connectivity index (χ0n) is 23.4. The monoisotopic (exact) mass is 602 g/mol. The summed E-state index contributed by atoms with van der Waals surface area (Å²) in [6, 6.07) is 18.0. The van der Waals surface area contributed by atoms with Crippen molar-refractivity contribution in [2.24, 2.45) is 5.41 Å². The van der Waals surface area contributed by atoms with Crippen LogP contribution in [0.25, 0.3) is 6.08 Å². The molecule has 3 aromatic carbocycles. The number of anilines is 1. The van der Waals surface area contributed by atoms with Crippen LogP contribution in [0.2, 0.25) is 0 Å². The van der Waals surface area contributed by atoms with Crippen molar-refractivity contribution >= 4 is 33.7 Å². The Hall–Kier alpha value is -3.96. The average molecular weight is 603 g/mol. The van der Waals surface area contributed by atoms with E-state index >= 15 is 0 Å². The molecule has 224 valence electrons. The number of benzene rings is 3. The van der Waals surface area contributed by atoms with Gasteiger partial charge in [-0.1, -0.05) is 69.3 Å². The third-order valence-electron chi connectivity index (χ3n) is 6.21. The van der Waals surface area contributed by atoms with Crippen molar-refractivity contribution in [3.8, 4) is 0 Å². The van der Waals surface area contributed by atoms with Crippen molar-refractivity contribution in [2.75, 3.05) is 17.6 Å². The first-order valence-electron chi connectivity index (χ1n) is 13.1. The fourth-order valence-corrected chi connectivity index (χ4v) is 4.30. The minimum atomic E-state index is -4.49. The molecule has 3 N–H and O–H groups in total. The van der Waals surface area contributed by atoms with E-state index in [1.165, 1.54) is 24.3 Å². The molecular weight excluding hydrogens is 569 g/mol. The van der Waals surface area contributed by atoms with Crippen molar-refractivity contribution in [3.05, 3.63) is 107 Å². The Labute approximate surface area is 243 Å². The van der Waals surface area contributed by atoms with Gasteiger partial charge in [0.05, 0.1) is 17.2 Å². The second-order valence-electron chi connectivity index (χ2n) is 10.9. The van der Waals surface area contributed by atoms with E-state index in [2.05, 4.69) is 37.5 Å². The minimum Gasteiger partial charge on any atom is -0.351 e. The number of halogens is 3. The number of carbonyl (C=O) groups excluding carboxylic acids is 2. The molecule has 11 heteroatoms. The molecule has 0 bridgehead atoms. The van der Waals surface area contributed by atoms with E-state index in [0.29, 0.717) is 11.1 Å². The maximum absolute atomic E-state index is 13.4. The molecule has 42 heavy (non-hydrogen) atoms. The number of rotatable bonds is 10. The summed E-state index contributed by atoms with van der Waals surface area (Å²) >= 11 is 0. The largest absolute Gasteiger partial charge is 0.416 e. The van der Waals surface area contributed by atoms with Gasteiger partial charge in [-0.25, -0.2) is 0 Å². The molecule has 0 saturated heterocycles. The lowest BCUT2D eigenvalue weighted by molar-refractivity contribution is -0.137. The van der Waals surface area contributed by atoms with Gasteiger partial charge in [0.1, 0.15) is 0 Å². The minimum absolute atomic E-state index is 0.0116. The SMILES string of the molecule is CC(C)(C)C=Cc1ccc(C(Cc2ccc(C(=O)NCCS(=O)(=O)O)cc2)C(=O)Nc2ccc(C(F)(F)F)cc2)cc1. The lowest BCUT2D eigenvalue weighted by Gasteiger charge is -2.19. The molecule has 1 atom stereocenters. The summed E-state index contributed by atoms with van der Waals surface area (Å²) in [5.41, 5.74) is 2.00. The molecule has 0 heterocycles. The number of amides is 2. The smallest absolute Gasteiger partial charge is 0.351 e. The van der Waals surface area contributed by atoms with Crippen molar-refractivity contribution < 1.29 is 35.7 Å². The fraction of sp³-hybridized carbons (Fsp3) is 0.290. The summed E-state index contributed by atoms with van der Waals surface area (Å²) in [7, 11) is -4.21. The third-order valence-corrected chi connectivity index (χ3v) is 6.93. The van der Waals surface area contributed by atoms with Crippen LogP contribution < -0.4 is 10.6 Å². The number of alkyl halides is 3. The predicted octanol–water partition coefficient (Wildman–Crippen LogP) is 6.35. The van der Waals surface area contributed by atoms with E-state index in [0.717, 1.165) is 17.7 Å². The van der Waals surface area contributed by atoms with Crippen LogP contribution in [-0.2, 0) is 27.5 Å². The lowest BCUT2D eigenvalue weighted by Crippen LogP contribution is -2.28. The first kappa shape index (κ1) is 32.6. The fourth-order valence-electron chi connectivity index (χ4n) is 3.94. The Morgan fingerprint density at radius 2 is 1.50 bits per heavy atom. The zero-order valence-corrected chi connectivity index (χ0v) is 24.2. The highest BCUT2D eigenvalue weighted by molar-refractivity contribution is 7.85. The molecular formula is C31H33F3N2O5S. The van der Waals surface area contributed by atoms with Gasteiger partial charge in [-0.15, -0.1) is 0 Å². The standard InChI is InChI=1S/C31H33F3N2O5S/c1-30(2,3)17-16-21-4-8-23(9-5-21)27(29(38)36-26-14-12-25(13-15-26)31(32,33)34)20-22-6-10-24(11-7-22)28(37)35-18-19-42(39,40)41/h4-17,27H,18-20H2,1-3H3,(H,35,37)(H,36,38)(H,39,40,41). The maximum atomic E-state index is 13.4. The van der Waals surface area contributed by atoms with E-state index in [4.69, 9.17) is 4.55 Å². The third kappa shape index (κ3) is 10.5. The summed E-state index contributed by atoms with van der Waals surface area (Å²) in [6.07, 6.45) is -0.208. The number of allylic oxidation sites excluding steroid dienone is 1. The van der Waals surface area contributed by atoms with Crippen LogP contribution in [0.5, 0.6) is 0 Å². The number of hydrogen-bond acceptors (Lipinski definition) is 4. The first-order chi connectivity index (χ1) is 19.5. The Morgan fingerprint density at radius 3 is 2.02 bits per heavy atom. The molecule has 0 aliphatic rings. The Bertz CT molecular complexity index is 1510. The first-order valence-corrected chi connectivity index (χ1v) is 14.7. The topological polar surface area (TPSA) is 113 Å². The molecule has 0 aromatic heterocycles. The highest BCUT2D eigenvalue weighted by Crippen LogP contribution is 2.30. The van der Waals surface area contributed by atoms with Crippen molar-refractivity contribution in [2.45, 2.75) is 39.3 Å². The number of carbonyl (C=O) groups is 2. The van der Waals surface area contributed by atoms with Crippen LogP contribution in [0, 0.1) is 5.41 Å². The molecule has 0 aliphatic carbocycles. The van der Waals surface area contributed by atoms with Crippen molar-refractivity contribution in [1.29, 1.82) is 0 Å². The van der Waals surface area contributed by atoms with Crippen LogP contribution >= 0.6 is 0 Å². The van der Waals surface area contributed by atoms with E-state index in [9.17, 15) is 31.2 Å². The molecule has 2 amide bonds. The van der Waals surface area contributed by atoms with Crippen molar-refractivity contribution in [3.63, 3.8) is 0 Å². The van der Waals surface area contributed by atoms with Crippen LogP contribution in [-0.4, -0.2) is 37.1 Å². The highest BCUT2D eigenvalue weighted by Gasteiger charge is 2.30. The van der Waals surface area contributed by atoms with Gasteiger partial charge in [-0.3, -0.25) is 14.1 Å². The average Bonchev–Trinajstić information content (AvgIpc) is 2.90. The molecule has 3 rings (SSSR count). The molecule has 3 aromatic rings. The van der Waals surface area contributed by atoms with Crippen LogP contribution in [0.3, 0.4) is 0 Å². The molecule has 0 spiro atoms. The summed E-state index contributed by atoms with van der Waals surface area (Å²) < 4.78 is 69.4. The number of hydrogen-bond donors (Lipinski definition) is 3. The Kier molecular flexibility index (Phi) is 10.3. The zero-order chi connectivity index (χ0) is 31.1. The molecule has 0 radical (unpaired) electrons. The highest BCUT2D eigenvalue weighted by atomic mass is 32.2. The molecule has 1 unspecified atom stereocenters. The normalized spacial score (nSPS) is 13.1. The maximum Gasteiger partial charge on any atom is 0.416 e. The van der Waals surface area contributed by atoms with Gasteiger partial charge in [0.2, 0.25) is 5.91 Å². The quantitative estimate of drug-likeness (QED) is 0.234. The molecule has 7 nitrogen and oxygen atoms in total. The summed E-state index contributed by atoms with van der Waals surface area (Å²) in [5, 5.41) is 5.12. The Morgan fingerprint density at radius 1 is 0.905 bits per heavy atom. The van der Waals surface area contributed by atoms with E-state index in [1.807, 2.05) is 30.3 Å². The van der Waals surface area contributed by atoms with E-state index < -0.39 is 45.3 Å². The van der Waals surface area contributed by atoms with E-state index in [-0.39, 0.29) is 29.6 Å². The Balaban J connectivity index is 1.81. The molecule has 0 saturated carbocycles. The van der Waals surface area contributed by atoms with Crippen molar-refractivity contribution in [1.82, 2.24) is 5.32 Å². The van der Waals surface area contributed by atoms with Gasteiger partial charge in [-0.05, 0) is 64.9 Å². The lowest BCUT2D eigenvalue weighted by atomic mass is 9.89. The van der Waals surface area contributed by atoms with E-state index in [1.54, 1.807) is 12.1 Å². The van der Waals surface area contributed by atoms with Gasteiger partial charge in [0.25, 0.3) is 16.0 Å². The molecule has 0 fully saturated rings. The summed E-state index contributed by atoms with van der Waals surface area (Å²) in [4.78, 5) is 25.7. The molecule has 0 aliphatic heterocycles. The van der Waals surface area contributed by atoms with Gasteiger partial charge in [0.15, 0.2) is 0 Å². The van der Waals surface area contributed by atoms with Crippen LogP contribution in [0.15, 0.2) is 78.9 Å². The second kappa shape index (κ2) is 13.3. The van der Waals surface area contributed by atoms with Gasteiger partial charge < -0.3 is 10.6 Å². The van der Waals surface area contributed by atoms with Gasteiger partial charge in [0, 0.05) is 17.8 Å². The summed E-state index contributed by atoms with van der Waals surface area (Å²) in [6.45, 7) is 5.97. The predicted molar refractivity (Wildman–Crippen MR) is 157 cm³/mol. The van der Waals surface area contributed by atoms with Gasteiger partial charge >= 0.3 is 6.18 Å². The second-order valence-corrected chi connectivity index (χ2v) is 12.5. The van der Waals surface area contributed by atoms with Gasteiger partial charge in [-0.2, -0.15) is 21.6 Å². The van der Waals surface area contributed by atoms with Crippen LogP contribution in [0.4, 0.5) is 18.9 Å². The number of nitrogens with one attached hydrogen (secondary N) is 2.